The van der Waals surface area contributed by atoms with E-state index in [4.69, 9.17) is 17.0 Å². The van der Waals surface area contributed by atoms with E-state index in [0.29, 0.717) is 16.8 Å². The summed E-state index contributed by atoms with van der Waals surface area (Å²) >= 11 is 5.49. The molecule has 228 valence electrons. The Morgan fingerprint density at radius 3 is 2.15 bits per heavy atom. The number of benzene rings is 4. The van der Waals surface area contributed by atoms with Crippen molar-refractivity contribution >= 4 is 46.9 Å². The third-order valence-corrected chi connectivity index (χ3v) is 8.29. The first-order chi connectivity index (χ1) is 22.3. The third-order valence-electron chi connectivity index (χ3n) is 8.00. The molecule has 1 aliphatic rings. The molecule has 7 nitrogen and oxygen atoms in total. The van der Waals surface area contributed by atoms with Crippen molar-refractivity contribution < 1.29 is 19.1 Å². The van der Waals surface area contributed by atoms with Gasteiger partial charge >= 0.3 is 5.97 Å². The molecule has 0 aliphatic carbocycles. The lowest BCUT2D eigenvalue weighted by atomic mass is 10.0. The molecule has 0 spiro atoms. The predicted octanol–water partition coefficient (Wildman–Crippen LogP) is 7.44. The summed E-state index contributed by atoms with van der Waals surface area (Å²) in [6.07, 6.45) is 1.63. The van der Waals surface area contributed by atoms with Gasteiger partial charge in [0.05, 0.1) is 29.2 Å². The highest BCUT2D eigenvalue weighted by Gasteiger charge is 2.36. The summed E-state index contributed by atoms with van der Waals surface area (Å²) in [6.45, 7) is 5.94. The fourth-order valence-corrected chi connectivity index (χ4v) is 5.87. The number of esters is 1. The predicted molar refractivity (Wildman–Crippen MR) is 185 cm³/mol. The number of thiocarbonyl (C=S) groups is 1. The van der Waals surface area contributed by atoms with Crippen molar-refractivity contribution in [2.45, 2.75) is 20.8 Å². The van der Waals surface area contributed by atoms with Crippen molar-refractivity contribution in [2.75, 3.05) is 11.5 Å². The second-order valence-electron chi connectivity index (χ2n) is 10.8. The fraction of sp³-hybridized carbons (Fsp3) is 0.105. The lowest BCUT2D eigenvalue weighted by Crippen LogP contribution is -2.54. The first-order valence-corrected chi connectivity index (χ1v) is 15.3. The molecule has 4 aromatic carbocycles. The molecule has 46 heavy (non-hydrogen) atoms. The van der Waals surface area contributed by atoms with Crippen LogP contribution in [-0.2, 0) is 14.3 Å². The second kappa shape index (κ2) is 12.8. The maximum atomic E-state index is 14.1. The smallest absolute Gasteiger partial charge is 0.338 e. The van der Waals surface area contributed by atoms with Crippen LogP contribution in [0.5, 0.6) is 0 Å². The molecule has 0 atom stereocenters. The SMILES string of the molecule is CCOC(=O)c1ccc(-n2c(-c3ccccc3)cc(/C=C3/C(=O)NC(=S)N(c4cccc(C)c4C)C3=O)c2-c2ccccc2)cc1. The highest BCUT2D eigenvalue weighted by molar-refractivity contribution is 7.80. The van der Waals surface area contributed by atoms with E-state index in [2.05, 4.69) is 9.88 Å². The average Bonchev–Trinajstić information content (AvgIpc) is 3.45. The minimum absolute atomic E-state index is 0.0355. The number of carbonyl (C=O) groups excluding carboxylic acids is 3. The molecule has 1 fully saturated rings. The van der Waals surface area contributed by atoms with Gasteiger partial charge in [-0.05, 0) is 97.7 Å². The zero-order valence-electron chi connectivity index (χ0n) is 25.6. The van der Waals surface area contributed by atoms with E-state index in [1.165, 1.54) is 4.90 Å². The Hall–Kier alpha value is -5.60. The van der Waals surface area contributed by atoms with Gasteiger partial charge in [0.2, 0.25) is 0 Å². The Kier molecular flexibility index (Phi) is 8.46. The fourth-order valence-electron chi connectivity index (χ4n) is 5.59. The minimum Gasteiger partial charge on any atom is -0.462 e. The van der Waals surface area contributed by atoms with Crippen molar-refractivity contribution in [2.24, 2.45) is 0 Å². The maximum Gasteiger partial charge on any atom is 0.338 e. The van der Waals surface area contributed by atoms with Gasteiger partial charge < -0.3 is 9.30 Å². The van der Waals surface area contributed by atoms with E-state index in [-0.39, 0.29) is 17.3 Å². The Morgan fingerprint density at radius 1 is 0.848 bits per heavy atom. The van der Waals surface area contributed by atoms with Gasteiger partial charge in [0, 0.05) is 11.3 Å². The number of anilines is 1. The number of nitrogens with zero attached hydrogens (tertiary/aromatic N) is 2. The van der Waals surface area contributed by atoms with Gasteiger partial charge in [-0.1, -0.05) is 72.8 Å². The number of aryl methyl sites for hydroxylation is 1. The van der Waals surface area contributed by atoms with Gasteiger partial charge in [0.25, 0.3) is 11.8 Å². The number of hydrogen-bond acceptors (Lipinski definition) is 5. The number of rotatable bonds is 7. The summed E-state index contributed by atoms with van der Waals surface area (Å²) in [5, 5.41) is 2.76. The summed E-state index contributed by atoms with van der Waals surface area (Å²) in [6, 6.07) is 34.4. The van der Waals surface area contributed by atoms with Crippen molar-refractivity contribution in [1.82, 2.24) is 9.88 Å². The van der Waals surface area contributed by atoms with Gasteiger partial charge in [-0.3, -0.25) is 19.8 Å². The van der Waals surface area contributed by atoms with Crippen LogP contribution >= 0.6 is 12.2 Å². The summed E-state index contributed by atoms with van der Waals surface area (Å²) in [7, 11) is 0. The van der Waals surface area contributed by atoms with E-state index in [9.17, 15) is 14.4 Å². The Labute approximate surface area is 272 Å². The Bertz CT molecular complexity index is 2010. The van der Waals surface area contributed by atoms with Crippen LogP contribution in [-0.4, -0.2) is 34.1 Å². The van der Waals surface area contributed by atoms with Crippen LogP contribution in [0.4, 0.5) is 5.69 Å². The highest BCUT2D eigenvalue weighted by atomic mass is 32.1. The zero-order chi connectivity index (χ0) is 32.4. The summed E-state index contributed by atoms with van der Waals surface area (Å²) in [5.41, 5.74) is 7.75. The lowest BCUT2D eigenvalue weighted by Gasteiger charge is -2.30. The van der Waals surface area contributed by atoms with E-state index >= 15 is 0 Å². The molecule has 8 heteroatoms. The van der Waals surface area contributed by atoms with E-state index in [0.717, 1.165) is 39.3 Å². The van der Waals surface area contributed by atoms with Crippen LogP contribution in [0.15, 0.2) is 115 Å². The van der Waals surface area contributed by atoms with Crippen molar-refractivity contribution in [3.63, 3.8) is 0 Å². The van der Waals surface area contributed by atoms with Gasteiger partial charge in [-0.2, -0.15) is 0 Å². The number of carbonyl (C=O) groups is 3. The van der Waals surface area contributed by atoms with E-state index in [1.807, 2.05) is 111 Å². The number of amides is 2. The van der Waals surface area contributed by atoms with Gasteiger partial charge in [0.15, 0.2) is 5.11 Å². The minimum atomic E-state index is -0.566. The standard InChI is InChI=1S/C38H31N3O4S/c1-4-45-37(44)28-18-20-30(21-19-28)40-33(26-13-7-5-8-14-26)23-29(34(40)27-15-9-6-10-16-27)22-31-35(42)39-38(46)41(36(31)43)32-17-11-12-24(2)25(32)3/h5-23H,4H2,1-3H3,(H,39,42,46)/b31-22-. The Balaban J connectivity index is 1.58. The molecule has 1 saturated heterocycles. The number of aromatic nitrogens is 1. The first-order valence-electron chi connectivity index (χ1n) is 14.9. The zero-order valence-corrected chi connectivity index (χ0v) is 26.4. The number of hydrogen-bond donors (Lipinski definition) is 1. The molecule has 2 heterocycles. The molecule has 2 amide bonds. The second-order valence-corrected chi connectivity index (χ2v) is 11.2. The van der Waals surface area contributed by atoms with Crippen LogP contribution in [0.2, 0.25) is 0 Å². The normalized spacial score (nSPS) is 14.0. The molecule has 0 saturated carbocycles. The molecular formula is C38H31N3O4S. The quantitative estimate of drug-likeness (QED) is 0.0881. The molecule has 0 unspecified atom stereocenters. The van der Waals surface area contributed by atoms with Gasteiger partial charge in [0.1, 0.15) is 5.57 Å². The van der Waals surface area contributed by atoms with Crippen molar-refractivity contribution in [3.8, 4) is 28.2 Å². The van der Waals surface area contributed by atoms with Crippen LogP contribution < -0.4 is 10.2 Å². The molecule has 1 aliphatic heterocycles. The average molecular weight is 626 g/mol. The van der Waals surface area contributed by atoms with E-state index < -0.39 is 17.8 Å². The molecule has 0 bridgehead atoms. The monoisotopic (exact) mass is 625 g/mol. The topological polar surface area (TPSA) is 80.6 Å². The Morgan fingerprint density at radius 2 is 1.50 bits per heavy atom. The summed E-state index contributed by atoms with van der Waals surface area (Å²) < 4.78 is 7.27. The van der Waals surface area contributed by atoms with Gasteiger partial charge in [-0.25, -0.2) is 4.79 Å². The highest BCUT2D eigenvalue weighted by Crippen LogP contribution is 2.38. The summed E-state index contributed by atoms with van der Waals surface area (Å²) in [4.78, 5) is 41.3. The maximum absolute atomic E-state index is 14.1. The van der Waals surface area contributed by atoms with Gasteiger partial charge in [-0.15, -0.1) is 0 Å². The van der Waals surface area contributed by atoms with Crippen LogP contribution in [0, 0.1) is 13.8 Å². The van der Waals surface area contributed by atoms with E-state index in [1.54, 1.807) is 25.1 Å². The summed E-state index contributed by atoms with van der Waals surface area (Å²) in [5.74, 6) is -1.47. The largest absolute Gasteiger partial charge is 0.462 e. The van der Waals surface area contributed by atoms with Crippen LogP contribution in [0.1, 0.15) is 34.0 Å². The first kappa shape index (κ1) is 30.4. The van der Waals surface area contributed by atoms with Crippen LogP contribution in [0.25, 0.3) is 34.3 Å². The molecule has 0 radical (unpaired) electrons. The number of ether oxygens (including phenoxy) is 1. The third kappa shape index (κ3) is 5.66. The molecule has 5 aromatic rings. The van der Waals surface area contributed by atoms with Crippen molar-refractivity contribution in [3.05, 3.63) is 137 Å². The molecule has 6 rings (SSSR count). The molecule has 1 aromatic heterocycles. The number of nitrogens with one attached hydrogen (secondary N) is 1. The molecule has 1 N–H and O–H groups in total. The lowest BCUT2D eigenvalue weighted by molar-refractivity contribution is -0.122. The molecular weight excluding hydrogens is 595 g/mol. The van der Waals surface area contributed by atoms with Crippen LogP contribution in [0.3, 0.4) is 0 Å². The van der Waals surface area contributed by atoms with Crippen molar-refractivity contribution in [1.29, 1.82) is 0 Å².